The van der Waals surface area contributed by atoms with Gasteiger partial charge < -0.3 is 0 Å². The molecule has 28 heavy (non-hydrogen) atoms. The Kier molecular flexibility index (Phi) is 3.90. The van der Waals surface area contributed by atoms with Crippen LogP contribution in [0.2, 0.25) is 0 Å². The minimum atomic E-state index is 1.21. The molecule has 5 rings (SSSR count). The molecular weight excluding hydrogens is 340 g/mol. The summed E-state index contributed by atoms with van der Waals surface area (Å²) in [5, 5.41) is 0. The molecule has 0 atom stereocenters. The molecule has 0 radical (unpaired) electrons. The molecule has 0 saturated carbocycles. The number of aryl methyl sites for hydroxylation is 4. The average molecular weight is 368 g/mol. The summed E-state index contributed by atoms with van der Waals surface area (Å²) in [5.74, 6) is 1.25. The fourth-order valence-corrected chi connectivity index (χ4v) is 5.13. The highest BCUT2D eigenvalue weighted by molar-refractivity contribution is 5.81. The highest BCUT2D eigenvalue weighted by Crippen LogP contribution is 2.36. The monoisotopic (exact) mass is 367 g/mol. The molecule has 2 nitrogen and oxygen atoms in total. The van der Waals surface area contributed by atoms with Gasteiger partial charge in [0.1, 0.15) is 5.69 Å². The first kappa shape index (κ1) is 17.2. The smallest absolute Gasteiger partial charge is 0.225 e. The first-order valence-electron chi connectivity index (χ1n) is 10.3. The number of imidazole rings is 1. The maximum atomic E-state index is 2.50. The van der Waals surface area contributed by atoms with Crippen molar-refractivity contribution in [1.82, 2.24) is 4.57 Å². The maximum absolute atomic E-state index is 2.50. The number of hydrogen-bond acceptors (Lipinski definition) is 0. The third kappa shape index (κ3) is 2.37. The van der Waals surface area contributed by atoms with Crippen LogP contribution in [0.15, 0.2) is 54.6 Å². The lowest BCUT2D eigenvalue weighted by Crippen LogP contribution is -2.30. The van der Waals surface area contributed by atoms with Gasteiger partial charge >= 0.3 is 0 Å². The Hall–Kier alpha value is -2.87. The Balaban J connectivity index is 1.94. The lowest BCUT2D eigenvalue weighted by molar-refractivity contribution is -0.633. The fraction of sp³-hybridized carbons (Fsp3) is 0.269. The van der Waals surface area contributed by atoms with E-state index in [1.807, 2.05) is 0 Å². The van der Waals surface area contributed by atoms with Crippen LogP contribution in [0.4, 0.5) is 0 Å². The summed E-state index contributed by atoms with van der Waals surface area (Å²) in [6, 6.07) is 19.9. The molecule has 0 aliphatic heterocycles. The fourth-order valence-electron chi connectivity index (χ4n) is 5.13. The number of benzene rings is 3. The minimum Gasteiger partial charge on any atom is -0.225 e. The van der Waals surface area contributed by atoms with E-state index in [1.54, 1.807) is 11.1 Å². The van der Waals surface area contributed by atoms with E-state index in [-0.39, 0.29) is 0 Å². The van der Waals surface area contributed by atoms with E-state index in [1.165, 1.54) is 64.1 Å². The second-order valence-corrected chi connectivity index (χ2v) is 8.18. The Morgan fingerprint density at radius 2 is 1.61 bits per heavy atom. The summed E-state index contributed by atoms with van der Waals surface area (Å²) < 4.78 is 4.85. The van der Waals surface area contributed by atoms with Crippen LogP contribution in [0.3, 0.4) is 0 Å². The third-order valence-electron chi connectivity index (χ3n) is 6.46. The van der Waals surface area contributed by atoms with Gasteiger partial charge in [-0.25, -0.2) is 4.57 Å². The SMILES string of the molecule is Cc1ccccc1-c1n(-c2c(C)cc3c(c2C)CCC3)c2ccccc2[n+]1C. The summed E-state index contributed by atoms with van der Waals surface area (Å²) >= 11 is 0. The van der Waals surface area contributed by atoms with Crippen LogP contribution in [0.25, 0.3) is 28.1 Å². The number of nitrogens with zero attached hydrogens (tertiary/aromatic N) is 2. The number of fused-ring (bicyclic) bond motifs is 2. The molecular formula is C26H27N2+. The van der Waals surface area contributed by atoms with Crippen LogP contribution in [-0.4, -0.2) is 4.57 Å². The molecule has 1 aliphatic carbocycles. The maximum Gasteiger partial charge on any atom is 0.295 e. The zero-order valence-electron chi connectivity index (χ0n) is 17.2. The van der Waals surface area contributed by atoms with Crippen molar-refractivity contribution in [1.29, 1.82) is 0 Å². The molecule has 4 aromatic rings. The van der Waals surface area contributed by atoms with Crippen molar-refractivity contribution in [3.05, 3.63) is 82.4 Å². The number of aromatic nitrogens is 2. The minimum absolute atomic E-state index is 1.21. The molecule has 0 fully saturated rings. The van der Waals surface area contributed by atoms with Gasteiger partial charge in [-0.2, -0.15) is 4.57 Å². The zero-order valence-corrected chi connectivity index (χ0v) is 17.2. The number of para-hydroxylation sites is 2. The van der Waals surface area contributed by atoms with E-state index in [0.29, 0.717) is 0 Å². The van der Waals surface area contributed by atoms with Crippen LogP contribution < -0.4 is 4.57 Å². The predicted octanol–water partition coefficient (Wildman–Crippen LogP) is 5.54. The molecule has 2 heteroatoms. The molecule has 3 aromatic carbocycles. The molecule has 0 N–H and O–H groups in total. The molecule has 1 aliphatic rings. The van der Waals surface area contributed by atoms with E-state index >= 15 is 0 Å². The summed E-state index contributed by atoms with van der Waals surface area (Å²) in [7, 11) is 2.19. The normalized spacial score (nSPS) is 13.3. The molecule has 0 saturated heterocycles. The van der Waals surface area contributed by atoms with E-state index in [9.17, 15) is 0 Å². The second kappa shape index (κ2) is 6.34. The van der Waals surface area contributed by atoms with Crippen molar-refractivity contribution in [2.75, 3.05) is 0 Å². The number of hydrogen-bond donors (Lipinski definition) is 0. The number of rotatable bonds is 2. The molecule has 0 spiro atoms. The van der Waals surface area contributed by atoms with Crippen molar-refractivity contribution >= 4 is 11.0 Å². The summed E-state index contributed by atoms with van der Waals surface area (Å²) in [5.41, 5.74) is 12.4. The van der Waals surface area contributed by atoms with Gasteiger partial charge in [0.15, 0.2) is 11.0 Å². The first-order valence-corrected chi connectivity index (χ1v) is 10.3. The highest BCUT2D eigenvalue weighted by atomic mass is 15.2. The average Bonchev–Trinajstić information content (AvgIpc) is 3.26. The molecule has 0 unspecified atom stereocenters. The molecule has 0 bridgehead atoms. The van der Waals surface area contributed by atoms with Gasteiger partial charge in [0.05, 0.1) is 12.6 Å². The highest BCUT2D eigenvalue weighted by Gasteiger charge is 2.30. The lowest BCUT2D eigenvalue weighted by atomic mass is 9.97. The summed E-state index contributed by atoms with van der Waals surface area (Å²) in [6.45, 7) is 6.81. The molecule has 140 valence electrons. The van der Waals surface area contributed by atoms with Gasteiger partial charge in [0.25, 0.3) is 5.82 Å². The van der Waals surface area contributed by atoms with E-state index < -0.39 is 0 Å². The van der Waals surface area contributed by atoms with Crippen LogP contribution in [0.1, 0.15) is 34.2 Å². The van der Waals surface area contributed by atoms with E-state index in [4.69, 9.17) is 0 Å². The largest absolute Gasteiger partial charge is 0.295 e. The summed E-state index contributed by atoms with van der Waals surface area (Å²) in [4.78, 5) is 0. The second-order valence-electron chi connectivity index (χ2n) is 8.18. The predicted molar refractivity (Wildman–Crippen MR) is 116 cm³/mol. The molecule has 1 heterocycles. The van der Waals surface area contributed by atoms with Gasteiger partial charge in [-0.1, -0.05) is 36.4 Å². The first-order chi connectivity index (χ1) is 13.6. The lowest BCUT2D eigenvalue weighted by Gasteiger charge is -2.14. The molecule has 1 aromatic heterocycles. The van der Waals surface area contributed by atoms with E-state index in [0.717, 1.165) is 0 Å². The standard InChI is InChI=1S/C26H27N2/c1-17-10-5-6-12-21(17)26-27(4)23-14-7-8-15-24(23)28(26)25-18(2)16-20-11-9-13-22(20)19(25)3/h5-8,10,12,14-16H,9,11,13H2,1-4H3/q+1. The van der Waals surface area contributed by atoms with Crippen molar-refractivity contribution < 1.29 is 4.57 Å². The van der Waals surface area contributed by atoms with Crippen LogP contribution >= 0.6 is 0 Å². The van der Waals surface area contributed by atoms with Crippen LogP contribution in [-0.2, 0) is 19.9 Å². The quantitative estimate of drug-likeness (QED) is 0.412. The Bertz CT molecular complexity index is 1230. The van der Waals surface area contributed by atoms with Gasteiger partial charge in [-0.05, 0) is 80.5 Å². The Morgan fingerprint density at radius 1 is 0.857 bits per heavy atom. The van der Waals surface area contributed by atoms with Gasteiger partial charge in [0.2, 0.25) is 0 Å². The van der Waals surface area contributed by atoms with Gasteiger partial charge in [0, 0.05) is 5.56 Å². The van der Waals surface area contributed by atoms with Crippen LogP contribution in [0.5, 0.6) is 0 Å². The zero-order chi connectivity index (χ0) is 19.4. The van der Waals surface area contributed by atoms with Crippen LogP contribution in [0, 0.1) is 20.8 Å². The Morgan fingerprint density at radius 3 is 2.43 bits per heavy atom. The Labute approximate surface area is 167 Å². The van der Waals surface area contributed by atoms with Gasteiger partial charge in [-0.15, -0.1) is 0 Å². The summed E-state index contributed by atoms with van der Waals surface area (Å²) in [6.07, 6.45) is 3.71. The topological polar surface area (TPSA) is 8.81 Å². The molecule has 0 amide bonds. The van der Waals surface area contributed by atoms with Crippen molar-refractivity contribution in [3.63, 3.8) is 0 Å². The van der Waals surface area contributed by atoms with Gasteiger partial charge in [-0.3, -0.25) is 0 Å². The van der Waals surface area contributed by atoms with Crippen molar-refractivity contribution in [3.8, 4) is 17.1 Å². The van der Waals surface area contributed by atoms with Crippen molar-refractivity contribution in [2.24, 2.45) is 7.05 Å². The van der Waals surface area contributed by atoms with Crippen molar-refractivity contribution in [2.45, 2.75) is 40.0 Å². The van der Waals surface area contributed by atoms with E-state index in [2.05, 4.69) is 91.6 Å². The third-order valence-corrected chi connectivity index (χ3v) is 6.46.